The summed E-state index contributed by atoms with van der Waals surface area (Å²) in [4.78, 5) is 23.5. The fourth-order valence-electron chi connectivity index (χ4n) is 2.12. The molecule has 0 radical (unpaired) electrons. The summed E-state index contributed by atoms with van der Waals surface area (Å²) in [6.45, 7) is 1.43. The van der Waals surface area contributed by atoms with Gasteiger partial charge in [-0.1, -0.05) is 12.1 Å². The molecule has 0 atom stereocenters. The van der Waals surface area contributed by atoms with E-state index < -0.39 is 9.84 Å². The summed E-state index contributed by atoms with van der Waals surface area (Å²) in [5.41, 5.74) is 1.43. The highest BCUT2D eigenvalue weighted by Gasteiger charge is 2.09. The van der Waals surface area contributed by atoms with E-state index in [1.165, 1.54) is 6.92 Å². The van der Waals surface area contributed by atoms with E-state index in [4.69, 9.17) is 4.74 Å². The van der Waals surface area contributed by atoms with E-state index in [0.29, 0.717) is 22.7 Å². The topological polar surface area (TPSA) is 102 Å². The summed E-state index contributed by atoms with van der Waals surface area (Å²) in [7, 11) is -3.10. The standard InChI is InChI=1S/C18H20N2O5S/c1-13(21)19-15-6-3-5-14(11-15)18(22)20-16-7-4-8-17(12-16)25-9-10-26(2,23)24/h3-8,11-12H,9-10H2,1-2H3,(H,19,21)(H,20,22). The third-order valence-electron chi connectivity index (χ3n) is 3.26. The summed E-state index contributed by atoms with van der Waals surface area (Å²) in [5, 5.41) is 5.36. The van der Waals surface area contributed by atoms with E-state index in [0.717, 1.165) is 6.26 Å². The van der Waals surface area contributed by atoms with E-state index in [2.05, 4.69) is 10.6 Å². The number of hydrogen-bond donors (Lipinski definition) is 2. The van der Waals surface area contributed by atoms with Gasteiger partial charge in [-0.3, -0.25) is 9.59 Å². The molecule has 2 rings (SSSR count). The summed E-state index contributed by atoms with van der Waals surface area (Å²) in [6.07, 6.45) is 1.14. The average Bonchev–Trinajstić information content (AvgIpc) is 2.53. The third-order valence-corrected chi connectivity index (χ3v) is 4.17. The minimum atomic E-state index is -3.10. The van der Waals surface area contributed by atoms with Crippen LogP contribution in [0, 0.1) is 0 Å². The van der Waals surface area contributed by atoms with Gasteiger partial charge in [0.25, 0.3) is 5.91 Å². The summed E-state index contributed by atoms with van der Waals surface area (Å²) < 4.78 is 27.6. The second-order valence-corrected chi connectivity index (χ2v) is 7.98. The molecular weight excluding hydrogens is 356 g/mol. The van der Waals surface area contributed by atoms with Gasteiger partial charge in [-0.2, -0.15) is 0 Å². The Hall–Kier alpha value is -2.87. The van der Waals surface area contributed by atoms with Crippen LogP contribution in [0.1, 0.15) is 17.3 Å². The zero-order valence-electron chi connectivity index (χ0n) is 14.5. The molecule has 0 fully saturated rings. The Kier molecular flexibility index (Phi) is 6.35. The maximum atomic E-state index is 12.4. The summed E-state index contributed by atoms with van der Waals surface area (Å²) >= 11 is 0. The highest BCUT2D eigenvalue weighted by atomic mass is 32.2. The first-order chi connectivity index (χ1) is 12.2. The van der Waals surface area contributed by atoms with E-state index in [9.17, 15) is 18.0 Å². The van der Waals surface area contributed by atoms with Gasteiger partial charge in [0.05, 0.1) is 5.75 Å². The first-order valence-electron chi connectivity index (χ1n) is 7.82. The van der Waals surface area contributed by atoms with E-state index in [1.807, 2.05) is 0 Å². The number of amides is 2. The molecule has 26 heavy (non-hydrogen) atoms. The fourth-order valence-corrected chi connectivity index (χ4v) is 2.51. The Bertz CT molecular complexity index is 909. The smallest absolute Gasteiger partial charge is 0.255 e. The second kappa shape index (κ2) is 8.48. The minimum Gasteiger partial charge on any atom is -0.492 e. The number of sulfone groups is 1. The zero-order valence-corrected chi connectivity index (χ0v) is 15.3. The first kappa shape index (κ1) is 19.5. The van der Waals surface area contributed by atoms with Gasteiger partial charge >= 0.3 is 0 Å². The number of ether oxygens (including phenoxy) is 1. The van der Waals surface area contributed by atoms with Crippen LogP contribution in [-0.4, -0.2) is 38.8 Å². The maximum absolute atomic E-state index is 12.4. The molecule has 0 saturated heterocycles. The molecule has 0 unspecified atom stereocenters. The Morgan fingerprint density at radius 3 is 2.31 bits per heavy atom. The molecule has 0 heterocycles. The number of rotatable bonds is 7. The molecule has 2 aromatic rings. The van der Waals surface area contributed by atoms with Crippen molar-refractivity contribution in [2.45, 2.75) is 6.92 Å². The first-order valence-corrected chi connectivity index (χ1v) is 9.88. The summed E-state index contributed by atoms with van der Waals surface area (Å²) in [6, 6.07) is 13.2. The van der Waals surface area contributed by atoms with Crippen molar-refractivity contribution in [3.63, 3.8) is 0 Å². The van der Waals surface area contributed by atoms with Crippen molar-refractivity contribution in [1.82, 2.24) is 0 Å². The molecule has 0 aliphatic heterocycles. The highest BCUT2D eigenvalue weighted by molar-refractivity contribution is 7.90. The normalized spacial score (nSPS) is 10.8. The Morgan fingerprint density at radius 2 is 1.65 bits per heavy atom. The molecule has 2 aromatic carbocycles. The molecule has 0 bridgehead atoms. The van der Waals surface area contributed by atoms with Crippen LogP contribution in [0.2, 0.25) is 0 Å². The quantitative estimate of drug-likeness (QED) is 0.772. The lowest BCUT2D eigenvalue weighted by molar-refractivity contribution is -0.114. The van der Waals surface area contributed by atoms with Gasteiger partial charge in [-0.25, -0.2) is 8.42 Å². The van der Waals surface area contributed by atoms with Gasteiger partial charge in [0.1, 0.15) is 12.4 Å². The lowest BCUT2D eigenvalue weighted by atomic mass is 10.2. The Morgan fingerprint density at radius 1 is 1.00 bits per heavy atom. The lowest BCUT2D eigenvalue weighted by Gasteiger charge is -2.10. The van der Waals surface area contributed by atoms with Crippen molar-refractivity contribution in [2.75, 3.05) is 29.2 Å². The fraction of sp³-hybridized carbons (Fsp3) is 0.222. The van der Waals surface area contributed by atoms with Crippen molar-refractivity contribution in [3.05, 3.63) is 54.1 Å². The van der Waals surface area contributed by atoms with E-state index >= 15 is 0 Å². The number of carbonyl (C=O) groups is 2. The maximum Gasteiger partial charge on any atom is 0.255 e. The van der Waals surface area contributed by atoms with Crippen molar-refractivity contribution in [3.8, 4) is 5.75 Å². The second-order valence-electron chi connectivity index (χ2n) is 5.72. The molecule has 0 saturated carbocycles. The van der Waals surface area contributed by atoms with E-state index in [-0.39, 0.29) is 24.2 Å². The van der Waals surface area contributed by atoms with E-state index in [1.54, 1.807) is 48.5 Å². The van der Waals surface area contributed by atoms with Crippen LogP contribution in [0.4, 0.5) is 11.4 Å². The number of nitrogens with one attached hydrogen (secondary N) is 2. The van der Waals surface area contributed by atoms with Crippen molar-refractivity contribution in [2.24, 2.45) is 0 Å². The van der Waals surface area contributed by atoms with Crippen LogP contribution in [0.3, 0.4) is 0 Å². The number of anilines is 2. The van der Waals surface area contributed by atoms with Gasteiger partial charge in [0.2, 0.25) is 5.91 Å². The minimum absolute atomic E-state index is 0.0367. The molecule has 8 heteroatoms. The van der Waals surface area contributed by atoms with Crippen LogP contribution in [0.25, 0.3) is 0 Å². The molecule has 7 nitrogen and oxygen atoms in total. The predicted molar refractivity (Wildman–Crippen MR) is 100 cm³/mol. The van der Waals surface area contributed by atoms with Crippen molar-refractivity contribution in [1.29, 1.82) is 0 Å². The number of carbonyl (C=O) groups excluding carboxylic acids is 2. The largest absolute Gasteiger partial charge is 0.492 e. The monoisotopic (exact) mass is 376 g/mol. The van der Waals surface area contributed by atoms with Gasteiger partial charge in [0, 0.05) is 36.2 Å². The van der Waals surface area contributed by atoms with Crippen LogP contribution in [-0.2, 0) is 14.6 Å². The Balaban J connectivity index is 2.03. The van der Waals surface area contributed by atoms with Crippen LogP contribution < -0.4 is 15.4 Å². The van der Waals surface area contributed by atoms with Gasteiger partial charge in [0.15, 0.2) is 9.84 Å². The highest BCUT2D eigenvalue weighted by Crippen LogP contribution is 2.19. The average molecular weight is 376 g/mol. The molecule has 0 aliphatic carbocycles. The molecule has 0 aromatic heterocycles. The molecule has 0 spiro atoms. The molecule has 2 amide bonds. The zero-order chi connectivity index (χ0) is 19.2. The van der Waals surface area contributed by atoms with Crippen LogP contribution in [0.5, 0.6) is 5.75 Å². The molecule has 138 valence electrons. The van der Waals surface area contributed by atoms with Gasteiger partial charge < -0.3 is 15.4 Å². The van der Waals surface area contributed by atoms with Crippen LogP contribution in [0.15, 0.2) is 48.5 Å². The van der Waals surface area contributed by atoms with Crippen LogP contribution >= 0.6 is 0 Å². The molecular formula is C18H20N2O5S. The number of hydrogen-bond acceptors (Lipinski definition) is 5. The molecule has 0 aliphatic rings. The predicted octanol–water partition coefficient (Wildman–Crippen LogP) is 2.32. The van der Waals surface area contributed by atoms with Gasteiger partial charge in [-0.15, -0.1) is 0 Å². The molecule has 2 N–H and O–H groups in total. The third kappa shape index (κ3) is 6.56. The Labute approximate surface area is 152 Å². The number of benzene rings is 2. The SMILES string of the molecule is CC(=O)Nc1cccc(C(=O)Nc2cccc(OCCS(C)(=O)=O)c2)c1. The van der Waals surface area contributed by atoms with Crippen molar-refractivity contribution < 1.29 is 22.7 Å². The van der Waals surface area contributed by atoms with Crippen molar-refractivity contribution >= 4 is 33.0 Å². The van der Waals surface area contributed by atoms with Gasteiger partial charge in [-0.05, 0) is 30.3 Å². The summed E-state index contributed by atoms with van der Waals surface area (Å²) in [5.74, 6) is -0.190. The lowest BCUT2D eigenvalue weighted by Crippen LogP contribution is -2.14.